The highest BCUT2D eigenvalue weighted by atomic mass is 16.6. The van der Waals surface area contributed by atoms with E-state index in [-0.39, 0.29) is 0 Å². The Hall–Kier alpha value is -2.01. The first-order valence-corrected chi connectivity index (χ1v) is 8.66. The number of carbonyl (C=O) groups is 1. The molecule has 25 heavy (non-hydrogen) atoms. The SMILES string of the molecule is C=C(OC)C1(Cc2ccc(CNC(=O)OC(C)(C)C)cc2)CCCO1. The van der Waals surface area contributed by atoms with Gasteiger partial charge >= 0.3 is 6.09 Å². The molecule has 1 heterocycles. The first-order valence-electron chi connectivity index (χ1n) is 8.66. The van der Waals surface area contributed by atoms with Crippen LogP contribution in [0.4, 0.5) is 4.79 Å². The molecule has 1 aliphatic heterocycles. The van der Waals surface area contributed by atoms with Gasteiger partial charge in [-0.2, -0.15) is 0 Å². The first-order chi connectivity index (χ1) is 11.7. The van der Waals surface area contributed by atoms with Crippen LogP contribution in [0.2, 0.25) is 0 Å². The largest absolute Gasteiger partial charge is 0.499 e. The van der Waals surface area contributed by atoms with Crippen LogP contribution in [-0.4, -0.2) is 31.0 Å². The van der Waals surface area contributed by atoms with Crippen LogP contribution < -0.4 is 5.32 Å². The van der Waals surface area contributed by atoms with E-state index >= 15 is 0 Å². The Kier molecular flexibility index (Phi) is 6.11. The van der Waals surface area contributed by atoms with E-state index in [1.165, 1.54) is 0 Å². The summed E-state index contributed by atoms with van der Waals surface area (Å²) in [7, 11) is 1.64. The Balaban J connectivity index is 1.93. The van der Waals surface area contributed by atoms with Crippen LogP contribution in [-0.2, 0) is 27.2 Å². The molecule has 5 nitrogen and oxygen atoms in total. The van der Waals surface area contributed by atoms with E-state index in [0.29, 0.717) is 12.3 Å². The van der Waals surface area contributed by atoms with Crippen LogP contribution >= 0.6 is 0 Å². The fourth-order valence-electron chi connectivity index (χ4n) is 2.93. The number of methoxy groups -OCH3 is 1. The Morgan fingerprint density at radius 2 is 1.92 bits per heavy atom. The van der Waals surface area contributed by atoms with Gasteiger partial charge in [0, 0.05) is 19.6 Å². The minimum Gasteiger partial charge on any atom is -0.499 e. The standard InChI is InChI=1S/C20H29NO4/c1-15(23-5)20(11-6-12-24-20)13-16-7-9-17(10-8-16)14-21-18(22)25-19(2,3)4/h7-10H,1,6,11-14H2,2-5H3,(H,21,22). The van der Waals surface area contributed by atoms with Gasteiger partial charge < -0.3 is 19.5 Å². The summed E-state index contributed by atoms with van der Waals surface area (Å²) in [4.78, 5) is 11.7. The summed E-state index contributed by atoms with van der Waals surface area (Å²) in [5, 5.41) is 2.76. The molecule has 138 valence electrons. The fraction of sp³-hybridized carbons (Fsp3) is 0.550. The van der Waals surface area contributed by atoms with Gasteiger partial charge in [0.2, 0.25) is 0 Å². The zero-order chi connectivity index (χ0) is 18.5. The third-order valence-electron chi connectivity index (χ3n) is 4.21. The van der Waals surface area contributed by atoms with Crippen LogP contribution in [0, 0.1) is 0 Å². The van der Waals surface area contributed by atoms with E-state index in [1.807, 2.05) is 32.9 Å². The molecule has 0 saturated carbocycles. The molecule has 1 amide bonds. The number of ether oxygens (including phenoxy) is 3. The molecule has 0 aliphatic carbocycles. The van der Waals surface area contributed by atoms with Gasteiger partial charge in [0.1, 0.15) is 17.0 Å². The normalized spacial score (nSPS) is 20.2. The summed E-state index contributed by atoms with van der Waals surface area (Å²) in [5.74, 6) is 0.681. The van der Waals surface area contributed by atoms with Gasteiger partial charge in [-0.25, -0.2) is 4.79 Å². The first kappa shape index (κ1) is 19.3. The molecular weight excluding hydrogens is 318 g/mol. The Morgan fingerprint density at radius 3 is 2.44 bits per heavy atom. The molecule has 1 fully saturated rings. The lowest BCUT2D eigenvalue weighted by Crippen LogP contribution is -2.33. The highest BCUT2D eigenvalue weighted by Crippen LogP contribution is 2.35. The molecular formula is C20H29NO4. The number of nitrogens with one attached hydrogen (secondary N) is 1. The minimum atomic E-state index is -0.493. The second kappa shape index (κ2) is 7.91. The van der Waals surface area contributed by atoms with E-state index < -0.39 is 17.3 Å². The Morgan fingerprint density at radius 1 is 1.28 bits per heavy atom. The fourth-order valence-corrected chi connectivity index (χ4v) is 2.93. The molecule has 1 N–H and O–H groups in total. The van der Waals surface area contributed by atoms with Crippen molar-refractivity contribution in [1.29, 1.82) is 0 Å². The third kappa shape index (κ3) is 5.49. The van der Waals surface area contributed by atoms with Crippen molar-refractivity contribution in [3.63, 3.8) is 0 Å². The molecule has 1 atom stereocenters. The number of hydrogen-bond acceptors (Lipinski definition) is 4. The van der Waals surface area contributed by atoms with Crippen LogP contribution in [0.5, 0.6) is 0 Å². The van der Waals surface area contributed by atoms with Crippen molar-refractivity contribution < 1.29 is 19.0 Å². The smallest absolute Gasteiger partial charge is 0.407 e. The molecule has 1 unspecified atom stereocenters. The molecule has 1 saturated heterocycles. The van der Waals surface area contributed by atoms with E-state index in [4.69, 9.17) is 14.2 Å². The molecule has 0 radical (unpaired) electrons. The summed E-state index contributed by atoms with van der Waals surface area (Å²) < 4.78 is 16.5. The highest BCUT2D eigenvalue weighted by molar-refractivity contribution is 5.67. The third-order valence-corrected chi connectivity index (χ3v) is 4.21. The molecule has 1 aromatic rings. The molecule has 5 heteroatoms. The average molecular weight is 347 g/mol. The summed E-state index contributed by atoms with van der Waals surface area (Å²) in [6, 6.07) is 8.12. The van der Waals surface area contributed by atoms with Crippen molar-refractivity contribution in [2.45, 2.75) is 57.8 Å². The van der Waals surface area contributed by atoms with Crippen molar-refractivity contribution in [3.05, 3.63) is 47.7 Å². The molecule has 1 aromatic carbocycles. The van der Waals surface area contributed by atoms with Crippen molar-refractivity contribution in [1.82, 2.24) is 5.32 Å². The second-order valence-corrected chi connectivity index (χ2v) is 7.42. The van der Waals surface area contributed by atoms with Crippen LogP contribution in [0.25, 0.3) is 0 Å². The second-order valence-electron chi connectivity index (χ2n) is 7.42. The van der Waals surface area contributed by atoms with Gasteiger partial charge in [0.25, 0.3) is 0 Å². The maximum Gasteiger partial charge on any atom is 0.407 e. The summed E-state index contributed by atoms with van der Waals surface area (Å²) in [5.41, 5.74) is 1.25. The zero-order valence-corrected chi connectivity index (χ0v) is 15.7. The minimum absolute atomic E-state index is 0.411. The van der Waals surface area contributed by atoms with Gasteiger partial charge in [0.15, 0.2) is 0 Å². The van der Waals surface area contributed by atoms with Crippen molar-refractivity contribution in [2.24, 2.45) is 0 Å². The van der Waals surface area contributed by atoms with Crippen molar-refractivity contribution >= 4 is 6.09 Å². The average Bonchev–Trinajstić information content (AvgIpc) is 3.01. The number of hydrogen-bond donors (Lipinski definition) is 1. The summed E-state index contributed by atoms with van der Waals surface area (Å²) in [6.07, 6.45) is 2.26. The van der Waals surface area contributed by atoms with Gasteiger partial charge in [-0.15, -0.1) is 0 Å². The van der Waals surface area contributed by atoms with Crippen LogP contribution in [0.1, 0.15) is 44.7 Å². The summed E-state index contributed by atoms with van der Waals surface area (Å²) >= 11 is 0. The molecule has 0 bridgehead atoms. The maximum atomic E-state index is 11.7. The monoisotopic (exact) mass is 347 g/mol. The van der Waals surface area contributed by atoms with E-state index in [1.54, 1.807) is 7.11 Å². The molecule has 0 spiro atoms. The quantitative estimate of drug-likeness (QED) is 0.791. The Bertz CT molecular complexity index is 595. The molecule has 0 aromatic heterocycles. The number of rotatable bonds is 6. The number of carbonyl (C=O) groups excluding carboxylic acids is 1. The van der Waals surface area contributed by atoms with Gasteiger partial charge in [-0.05, 0) is 44.7 Å². The van der Waals surface area contributed by atoms with Crippen LogP contribution in [0.15, 0.2) is 36.6 Å². The van der Waals surface area contributed by atoms with E-state index in [9.17, 15) is 4.79 Å². The molecule has 1 aliphatic rings. The van der Waals surface area contributed by atoms with Gasteiger partial charge in [-0.1, -0.05) is 30.8 Å². The number of alkyl carbamates (subject to hydrolysis) is 1. The van der Waals surface area contributed by atoms with E-state index in [0.717, 1.165) is 37.0 Å². The predicted molar refractivity (Wildman–Crippen MR) is 97.3 cm³/mol. The summed E-state index contributed by atoms with van der Waals surface area (Å²) in [6.45, 7) is 10.7. The lowest BCUT2D eigenvalue weighted by Gasteiger charge is -2.29. The number of amides is 1. The van der Waals surface area contributed by atoms with Gasteiger partial charge in [-0.3, -0.25) is 0 Å². The van der Waals surface area contributed by atoms with Crippen molar-refractivity contribution in [3.8, 4) is 0 Å². The number of benzene rings is 1. The lowest BCUT2D eigenvalue weighted by molar-refractivity contribution is -0.00506. The maximum absolute atomic E-state index is 11.7. The zero-order valence-electron chi connectivity index (χ0n) is 15.7. The molecule has 2 rings (SSSR count). The topological polar surface area (TPSA) is 56.8 Å². The predicted octanol–water partition coefficient (Wildman–Crippen LogP) is 3.96. The van der Waals surface area contributed by atoms with E-state index in [2.05, 4.69) is 24.0 Å². The lowest BCUT2D eigenvalue weighted by atomic mass is 9.89. The van der Waals surface area contributed by atoms with Crippen LogP contribution in [0.3, 0.4) is 0 Å². The van der Waals surface area contributed by atoms with Gasteiger partial charge in [0.05, 0.1) is 7.11 Å². The Labute approximate surface area is 150 Å². The highest BCUT2D eigenvalue weighted by Gasteiger charge is 2.39. The van der Waals surface area contributed by atoms with Crippen molar-refractivity contribution in [2.75, 3.05) is 13.7 Å².